The van der Waals surface area contributed by atoms with Gasteiger partial charge in [-0.05, 0) is 18.6 Å². The molecule has 4 rings (SSSR count). The van der Waals surface area contributed by atoms with Crippen molar-refractivity contribution in [3.05, 3.63) is 47.7 Å². The van der Waals surface area contributed by atoms with Crippen LogP contribution >= 0.6 is 0 Å². The van der Waals surface area contributed by atoms with Crippen LogP contribution in [0.25, 0.3) is 10.9 Å². The first-order valence-corrected chi connectivity index (χ1v) is 8.40. The van der Waals surface area contributed by atoms with Gasteiger partial charge in [-0.3, -0.25) is 4.79 Å². The number of rotatable bonds is 3. The van der Waals surface area contributed by atoms with Gasteiger partial charge in [0.05, 0.1) is 6.54 Å². The Hall–Kier alpha value is -2.63. The number of fused-ring (bicyclic) bond motifs is 2. The van der Waals surface area contributed by atoms with E-state index in [-0.39, 0.29) is 5.91 Å². The van der Waals surface area contributed by atoms with Gasteiger partial charge in [0.15, 0.2) is 5.82 Å². The van der Waals surface area contributed by atoms with Gasteiger partial charge in [-0.25, -0.2) is 0 Å². The summed E-state index contributed by atoms with van der Waals surface area (Å²) in [5.41, 5.74) is 2.31. The van der Waals surface area contributed by atoms with Gasteiger partial charge in [0, 0.05) is 36.6 Å². The normalized spacial score (nSPS) is 14.2. The second-order valence-electron chi connectivity index (χ2n) is 6.31. The predicted octanol–water partition coefficient (Wildman–Crippen LogP) is 2.15. The summed E-state index contributed by atoms with van der Waals surface area (Å²) in [6.07, 6.45) is 2.93. The van der Waals surface area contributed by atoms with Gasteiger partial charge in [-0.1, -0.05) is 25.1 Å². The van der Waals surface area contributed by atoms with Gasteiger partial charge in [0.1, 0.15) is 12.4 Å². The quantitative estimate of drug-likeness (QED) is 0.742. The minimum absolute atomic E-state index is 0.128. The van der Waals surface area contributed by atoms with Crippen molar-refractivity contribution in [2.45, 2.75) is 39.9 Å². The fraction of sp³-hybridized carbons (Fsp3) is 0.389. The van der Waals surface area contributed by atoms with Gasteiger partial charge in [0.25, 0.3) is 0 Å². The molecule has 124 valence electrons. The molecular formula is C18H21N5O. The molecule has 3 aromatic rings. The Labute approximate surface area is 140 Å². The van der Waals surface area contributed by atoms with Crippen LogP contribution in [-0.2, 0) is 30.8 Å². The number of hydrogen-bond acceptors (Lipinski definition) is 3. The van der Waals surface area contributed by atoms with Crippen LogP contribution < -0.4 is 0 Å². The van der Waals surface area contributed by atoms with E-state index in [1.807, 2.05) is 21.6 Å². The van der Waals surface area contributed by atoms with E-state index in [0.29, 0.717) is 13.1 Å². The molecule has 0 fully saturated rings. The first-order chi connectivity index (χ1) is 11.7. The number of aromatic nitrogens is 4. The highest BCUT2D eigenvalue weighted by molar-refractivity contribution is 5.86. The summed E-state index contributed by atoms with van der Waals surface area (Å²) in [7, 11) is 0. The lowest BCUT2D eigenvalue weighted by Crippen LogP contribution is -2.40. The predicted molar refractivity (Wildman–Crippen MR) is 91.5 cm³/mol. The van der Waals surface area contributed by atoms with Crippen molar-refractivity contribution in [1.29, 1.82) is 0 Å². The van der Waals surface area contributed by atoms with Gasteiger partial charge in [-0.2, -0.15) is 0 Å². The van der Waals surface area contributed by atoms with Gasteiger partial charge < -0.3 is 14.0 Å². The van der Waals surface area contributed by atoms with Gasteiger partial charge in [-0.15, -0.1) is 10.2 Å². The number of para-hydroxylation sites is 1. The molecule has 24 heavy (non-hydrogen) atoms. The first kappa shape index (κ1) is 14.9. The third-order valence-electron chi connectivity index (χ3n) is 4.79. The Morgan fingerprint density at radius 2 is 2.04 bits per heavy atom. The van der Waals surface area contributed by atoms with Crippen molar-refractivity contribution in [2.75, 3.05) is 6.54 Å². The highest BCUT2D eigenvalue weighted by atomic mass is 16.2. The van der Waals surface area contributed by atoms with Crippen molar-refractivity contribution in [2.24, 2.45) is 0 Å². The molecule has 2 aromatic heterocycles. The van der Waals surface area contributed by atoms with Crippen LogP contribution in [0.5, 0.6) is 0 Å². The molecule has 0 radical (unpaired) electrons. The molecule has 3 heterocycles. The van der Waals surface area contributed by atoms with Crippen molar-refractivity contribution >= 4 is 16.8 Å². The molecule has 0 saturated carbocycles. The van der Waals surface area contributed by atoms with E-state index in [1.165, 1.54) is 10.9 Å². The molecule has 1 aliphatic rings. The van der Waals surface area contributed by atoms with Crippen LogP contribution in [0.1, 0.15) is 24.1 Å². The molecule has 6 heteroatoms. The van der Waals surface area contributed by atoms with E-state index in [9.17, 15) is 4.79 Å². The standard InChI is InChI=1S/C18H21N5O/c1-3-16-19-20-17-11-21(8-9-23(16)17)18(24)12-22-10-13(2)14-6-4-5-7-15(14)22/h4-7,10H,3,8-9,11-12H2,1-2H3. The largest absolute Gasteiger partial charge is 0.338 e. The molecule has 1 aliphatic heterocycles. The fourth-order valence-electron chi connectivity index (χ4n) is 3.50. The zero-order chi connectivity index (χ0) is 16.7. The third kappa shape index (κ3) is 2.38. The summed E-state index contributed by atoms with van der Waals surface area (Å²) in [5, 5.41) is 9.65. The molecule has 1 aromatic carbocycles. The molecule has 0 aliphatic carbocycles. The number of aryl methyl sites for hydroxylation is 2. The molecule has 0 bridgehead atoms. The molecule has 1 amide bonds. The second-order valence-corrected chi connectivity index (χ2v) is 6.31. The van der Waals surface area contributed by atoms with Crippen molar-refractivity contribution in [3.63, 3.8) is 0 Å². The van der Waals surface area contributed by atoms with E-state index in [4.69, 9.17) is 0 Å². The first-order valence-electron chi connectivity index (χ1n) is 8.40. The van der Waals surface area contributed by atoms with Crippen LogP contribution in [0.2, 0.25) is 0 Å². The van der Waals surface area contributed by atoms with Crippen molar-refractivity contribution in [1.82, 2.24) is 24.2 Å². The van der Waals surface area contributed by atoms with Gasteiger partial charge >= 0.3 is 0 Å². The topological polar surface area (TPSA) is 56.0 Å². The van der Waals surface area contributed by atoms with Crippen LogP contribution in [0.15, 0.2) is 30.5 Å². The number of hydrogen-bond donors (Lipinski definition) is 0. The van der Waals surface area contributed by atoms with Crippen LogP contribution in [0, 0.1) is 6.92 Å². The summed E-state index contributed by atoms with van der Waals surface area (Å²) in [5.74, 6) is 2.02. The maximum atomic E-state index is 12.8. The Morgan fingerprint density at radius 1 is 1.21 bits per heavy atom. The Kier molecular flexibility index (Phi) is 3.59. The molecule has 0 saturated heterocycles. The summed E-state index contributed by atoms with van der Waals surface area (Å²) in [6, 6.07) is 8.21. The molecule has 0 N–H and O–H groups in total. The van der Waals surface area contributed by atoms with Crippen molar-refractivity contribution in [3.8, 4) is 0 Å². The monoisotopic (exact) mass is 323 g/mol. The molecular weight excluding hydrogens is 302 g/mol. The lowest BCUT2D eigenvalue weighted by atomic mass is 10.2. The number of benzene rings is 1. The van der Waals surface area contributed by atoms with Gasteiger partial charge in [0.2, 0.25) is 5.91 Å². The molecule has 0 unspecified atom stereocenters. The Bertz CT molecular complexity index is 907. The van der Waals surface area contributed by atoms with Crippen LogP contribution in [-0.4, -0.2) is 36.7 Å². The van der Waals surface area contributed by atoms with Crippen LogP contribution in [0.4, 0.5) is 0 Å². The smallest absolute Gasteiger partial charge is 0.242 e. The third-order valence-corrected chi connectivity index (χ3v) is 4.79. The van der Waals surface area contributed by atoms with Crippen molar-refractivity contribution < 1.29 is 4.79 Å². The van der Waals surface area contributed by atoms with E-state index >= 15 is 0 Å². The number of carbonyl (C=O) groups excluding carboxylic acids is 1. The molecule has 6 nitrogen and oxygen atoms in total. The van der Waals surface area contributed by atoms with Crippen LogP contribution in [0.3, 0.4) is 0 Å². The summed E-state index contributed by atoms with van der Waals surface area (Å²) >= 11 is 0. The minimum atomic E-state index is 0.128. The van der Waals surface area contributed by atoms with E-state index in [0.717, 1.165) is 36.7 Å². The Balaban J connectivity index is 1.54. The zero-order valence-electron chi connectivity index (χ0n) is 14.1. The molecule has 0 atom stereocenters. The highest BCUT2D eigenvalue weighted by Crippen LogP contribution is 2.21. The van der Waals surface area contributed by atoms with E-state index in [1.54, 1.807) is 0 Å². The average molecular weight is 323 g/mol. The SMILES string of the molecule is CCc1nnc2n1CCN(C(=O)Cn1cc(C)c3ccccc31)C2. The summed E-state index contributed by atoms with van der Waals surface area (Å²) in [4.78, 5) is 14.6. The lowest BCUT2D eigenvalue weighted by molar-refractivity contribution is -0.133. The summed E-state index contributed by atoms with van der Waals surface area (Å²) in [6.45, 7) is 6.57. The lowest BCUT2D eigenvalue weighted by Gasteiger charge is -2.28. The zero-order valence-corrected chi connectivity index (χ0v) is 14.1. The second kappa shape index (κ2) is 5.78. The molecule has 0 spiro atoms. The maximum Gasteiger partial charge on any atom is 0.242 e. The number of carbonyl (C=O) groups is 1. The van der Waals surface area contributed by atoms with E-state index in [2.05, 4.69) is 46.9 Å². The maximum absolute atomic E-state index is 12.8. The highest BCUT2D eigenvalue weighted by Gasteiger charge is 2.24. The van der Waals surface area contributed by atoms with E-state index < -0.39 is 0 Å². The fourth-order valence-corrected chi connectivity index (χ4v) is 3.50. The summed E-state index contributed by atoms with van der Waals surface area (Å²) < 4.78 is 4.18. The average Bonchev–Trinajstić information content (AvgIpc) is 3.16. The minimum Gasteiger partial charge on any atom is -0.338 e. The number of amides is 1. The number of nitrogens with zero attached hydrogens (tertiary/aromatic N) is 5. The Morgan fingerprint density at radius 3 is 2.88 bits per heavy atom.